The average Bonchev–Trinajstić information content (AvgIpc) is 2.48. The van der Waals surface area contributed by atoms with E-state index in [2.05, 4.69) is 6.07 Å². The molecule has 1 fully saturated rings. The summed E-state index contributed by atoms with van der Waals surface area (Å²) in [6.07, 6.45) is 6.33. The Balaban J connectivity index is 2.07. The number of carbonyl (C=O) groups is 1. The van der Waals surface area contributed by atoms with Crippen LogP contribution in [0.2, 0.25) is 0 Å². The third-order valence-electron chi connectivity index (χ3n) is 4.37. The van der Waals surface area contributed by atoms with Crippen molar-refractivity contribution in [1.82, 2.24) is 0 Å². The molecule has 3 nitrogen and oxygen atoms in total. The zero-order valence-corrected chi connectivity index (χ0v) is 13.4. The molecule has 0 aliphatic heterocycles. The Morgan fingerprint density at radius 2 is 1.86 bits per heavy atom. The fourth-order valence-electron chi connectivity index (χ4n) is 2.73. The minimum atomic E-state index is -0.606. The Hall–Kier alpha value is -1.51. The van der Waals surface area contributed by atoms with Crippen molar-refractivity contribution in [2.45, 2.75) is 70.8 Å². The normalized spacial score (nSPS) is 16.5. The van der Waals surface area contributed by atoms with Crippen LogP contribution in [-0.4, -0.2) is 11.8 Å². The summed E-state index contributed by atoms with van der Waals surface area (Å²) in [7, 11) is 0. The molecule has 0 heterocycles. The van der Waals surface area contributed by atoms with Gasteiger partial charge in [-0.15, -0.1) is 0 Å². The molecule has 3 heteroatoms. The first-order valence-corrected chi connectivity index (χ1v) is 8.01. The van der Waals surface area contributed by atoms with Crippen LogP contribution in [0.4, 0.5) is 4.79 Å². The molecule has 21 heavy (non-hydrogen) atoms. The highest BCUT2D eigenvalue weighted by Gasteiger charge is 2.24. The van der Waals surface area contributed by atoms with Gasteiger partial charge in [0.15, 0.2) is 0 Å². The van der Waals surface area contributed by atoms with Gasteiger partial charge in [0.05, 0.1) is 0 Å². The van der Waals surface area contributed by atoms with Crippen molar-refractivity contribution in [1.29, 1.82) is 0 Å². The highest BCUT2D eigenvalue weighted by molar-refractivity contribution is 5.65. The smallest absolute Gasteiger partial charge is 0.428 e. The summed E-state index contributed by atoms with van der Waals surface area (Å²) in [6, 6.07) is 7.85. The van der Waals surface area contributed by atoms with Crippen LogP contribution in [0.15, 0.2) is 24.3 Å². The summed E-state index contributed by atoms with van der Waals surface area (Å²) >= 11 is 0. The fourth-order valence-corrected chi connectivity index (χ4v) is 2.73. The molecule has 1 saturated carbocycles. The van der Waals surface area contributed by atoms with Crippen molar-refractivity contribution in [2.75, 3.05) is 0 Å². The molecule has 0 amide bonds. The lowest BCUT2D eigenvalue weighted by molar-refractivity contribution is 0.00680. The molecular weight excluding hydrogens is 264 g/mol. The van der Waals surface area contributed by atoms with E-state index < -0.39 is 11.8 Å². The standard InChI is InChI=1S/C18H26O3/c1-4-18(2,3)21-17(19)20-16-13-9-8-12-15(16)14-10-6-5-7-11-14/h8-9,12-14H,4-7,10-11H2,1-3H3. The first-order valence-electron chi connectivity index (χ1n) is 8.01. The van der Waals surface area contributed by atoms with E-state index in [1.807, 2.05) is 39.0 Å². The van der Waals surface area contributed by atoms with Gasteiger partial charge in [0.25, 0.3) is 0 Å². The molecule has 0 spiro atoms. The average molecular weight is 290 g/mol. The first-order chi connectivity index (χ1) is 10.0. The summed E-state index contributed by atoms with van der Waals surface area (Å²) in [5, 5.41) is 0. The molecule has 1 aliphatic carbocycles. The highest BCUT2D eigenvalue weighted by Crippen LogP contribution is 2.37. The van der Waals surface area contributed by atoms with Gasteiger partial charge < -0.3 is 9.47 Å². The Kier molecular flexibility index (Phi) is 5.27. The molecule has 0 radical (unpaired) electrons. The third kappa shape index (κ3) is 4.48. The van der Waals surface area contributed by atoms with Gasteiger partial charge in [-0.2, -0.15) is 0 Å². The van der Waals surface area contributed by atoms with Crippen LogP contribution in [0.3, 0.4) is 0 Å². The van der Waals surface area contributed by atoms with Gasteiger partial charge in [0, 0.05) is 0 Å². The second-order valence-corrected chi connectivity index (χ2v) is 6.44. The molecule has 1 aliphatic rings. The van der Waals surface area contributed by atoms with Crippen molar-refractivity contribution in [2.24, 2.45) is 0 Å². The quantitative estimate of drug-likeness (QED) is 0.547. The SMILES string of the molecule is CCC(C)(C)OC(=O)Oc1ccccc1C1CCCCC1. The van der Waals surface area contributed by atoms with Gasteiger partial charge in [0.2, 0.25) is 0 Å². The second-order valence-electron chi connectivity index (χ2n) is 6.44. The maximum atomic E-state index is 12.0. The lowest BCUT2D eigenvalue weighted by atomic mass is 9.84. The van der Waals surface area contributed by atoms with E-state index in [4.69, 9.17) is 9.47 Å². The van der Waals surface area contributed by atoms with E-state index in [1.54, 1.807) is 0 Å². The largest absolute Gasteiger partial charge is 0.514 e. The topological polar surface area (TPSA) is 35.5 Å². The van der Waals surface area contributed by atoms with Crippen LogP contribution in [0.1, 0.15) is 70.8 Å². The number of ether oxygens (including phenoxy) is 2. The summed E-state index contributed by atoms with van der Waals surface area (Å²) in [4.78, 5) is 12.0. The van der Waals surface area contributed by atoms with Crippen LogP contribution in [0.25, 0.3) is 0 Å². The van der Waals surface area contributed by atoms with Crippen molar-refractivity contribution in [3.05, 3.63) is 29.8 Å². The van der Waals surface area contributed by atoms with E-state index in [-0.39, 0.29) is 0 Å². The molecule has 0 saturated heterocycles. The molecule has 0 aromatic heterocycles. The summed E-state index contributed by atoms with van der Waals surface area (Å²) < 4.78 is 10.8. The molecule has 116 valence electrons. The van der Waals surface area contributed by atoms with Crippen LogP contribution in [0, 0.1) is 0 Å². The molecule has 1 aromatic carbocycles. The van der Waals surface area contributed by atoms with Gasteiger partial charge in [-0.3, -0.25) is 0 Å². The number of benzene rings is 1. The maximum Gasteiger partial charge on any atom is 0.514 e. The summed E-state index contributed by atoms with van der Waals surface area (Å²) in [5.41, 5.74) is 0.653. The van der Waals surface area contributed by atoms with Gasteiger partial charge in [0.1, 0.15) is 11.4 Å². The maximum absolute atomic E-state index is 12.0. The van der Waals surface area contributed by atoms with E-state index in [0.29, 0.717) is 11.7 Å². The molecule has 0 unspecified atom stereocenters. The van der Waals surface area contributed by atoms with Crippen LogP contribution in [-0.2, 0) is 4.74 Å². The lowest BCUT2D eigenvalue weighted by Crippen LogP contribution is -2.29. The fraction of sp³-hybridized carbons (Fsp3) is 0.611. The molecule has 1 aromatic rings. The third-order valence-corrected chi connectivity index (χ3v) is 4.37. The Morgan fingerprint density at radius 3 is 2.52 bits per heavy atom. The van der Waals surface area contributed by atoms with E-state index >= 15 is 0 Å². The number of carbonyl (C=O) groups excluding carboxylic acids is 1. The van der Waals surface area contributed by atoms with Gasteiger partial charge in [-0.25, -0.2) is 4.79 Å². The number of rotatable bonds is 4. The monoisotopic (exact) mass is 290 g/mol. The zero-order chi connectivity index (χ0) is 15.3. The number of para-hydroxylation sites is 1. The minimum Gasteiger partial charge on any atom is -0.428 e. The highest BCUT2D eigenvalue weighted by atomic mass is 16.7. The van der Waals surface area contributed by atoms with E-state index in [9.17, 15) is 4.79 Å². The van der Waals surface area contributed by atoms with E-state index in [1.165, 1.54) is 32.1 Å². The summed E-state index contributed by atoms with van der Waals surface area (Å²) in [5.74, 6) is 1.16. The van der Waals surface area contributed by atoms with Gasteiger partial charge in [-0.05, 0) is 50.7 Å². The molecule has 0 N–H and O–H groups in total. The van der Waals surface area contributed by atoms with Gasteiger partial charge in [-0.1, -0.05) is 44.4 Å². The van der Waals surface area contributed by atoms with Crippen molar-refractivity contribution < 1.29 is 14.3 Å². The van der Waals surface area contributed by atoms with Crippen LogP contribution >= 0.6 is 0 Å². The Morgan fingerprint density at radius 1 is 1.19 bits per heavy atom. The Bertz CT molecular complexity index is 473. The zero-order valence-electron chi connectivity index (χ0n) is 13.4. The summed E-state index contributed by atoms with van der Waals surface area (Å²) in [6.45, 7) is 5.77. The van der Waals surface area contributed by atoms with E-state index in [0.717, 1.165) is 12.0 Å². The minimum absolute atomic E-state index is 0.489. The lowest BCUT2D eigenvalue weighted by Gasteiger charge is -2.25. The van der Waals surface area contributed by atoms with Gasteiger partial charge >= 0.3 is 6.16 Å². The molecule has 0 atom stereocenters. The number of hydrogen-bond donors (Lipinski definition) is 0. The Labute approximate surface area is 127 Å². The first kappa shape index (κ1) is 15.9. The van der Waals surface area contributed by atoms with Crippen molar-refractivity contribution >= 4 is 6.16 Å². The van der Waals surface area contributed by atoms with Crippen molar-refractivity contribution in [3.63, 3.8) is 0 Å². The molecule has 0 bridgehead atoms. The predicted molar refractivity (Wildman–Crippen MR) is 83.7 cm³/mol. The van der Waals surface area contributed by atoms with Crippen LogP contribution < -0.4 is 4.74 Å². The second kappa shape index (κ2) is 6.97. The molecule has 2 rings (SSSR count). The molecular formula is C18H26O3. The van der Waals surface area contributed by atoms with Crippen molar-refractivity contribution in [3.8, 4) is 5.75 Å². The number of hydrogen-bond acceptors (Lipinski definition) is 3. The predicted octanol–water partition coefficient (Wildman–Crippen LogP) is 5.44. The van der Waals surface area contributed by atoms with Crippen LogP contribution in [0.5, 0.6) is 5.75 Å².